The molecule has 5 rings (SSSR count). The number of nitrogens with zero attached hydrogens (tertiary/aromatic N) is 2. The van der Waals surface area contributed by atoms with Gasteiger partial charge in [-0.2, -0.15) is 18.4 Å². The molecule has 6 N–H and O–H groups in total. The Hall–Kier alpha value is -4.76. The molecule has 0 saturated carbocycles. The summed E-state index contributed by atoms with van der Waals surface area (Å²) in [7, 11) is 0. The van der Waals surface area contributed by atoms with E-state index in [-0.39, 0.29) is 5.69 Å². The predicted octanol–water partition coefficient (Wildman–Crippen LogP) is 4.58. The van der Waals surface area contributed by atoms with Gasteiger partial charge >= 0.3 is 17.8 Å². The number of hydrogen-bond acceptors (Lipinski definition) is 4. The van der Waals surface area contributed by atoms with Gasteiger partial charge in [-0.1, -0.05) is 36.4 Å². The first-order valence-electron chi connectivity index (χ1n) is 11.6. The summed E-state index contributed by atoms with van der Waals surface area (Å²) in [5, 5.41) is 19.1. The lowest BCUT2D eigenvalue weighted by Gasteiger charge is -2.05. The summed E-state index contributed by atoms with van der Waals surface area (Å²) in [6.45, 7) is 0.632. The number of aromatic nitrogens is 4. The number of carboxylic acids is 1. The van der Waals surface area contributed by atoms with Crippen LogP contribution in [-0.4, -0.2) is 43.3 Å². The number of aliphatic carboxylic acids is 1. The van der Waals surface area contributed by atoms with Crippen LogP contribution in [0.4, 0.5) is 13.2 Å². The van der Waals surface area contributed by atoms with Crippen molar-refractivity contribution in [1.29, 1.82) is 5.26 Å². The molecule has 0 aliphatic heterocycles. The van der Waals surface area contributed by atoms with Crippen molar-refractivity contribution in [2.45, 2.75) is 25.4 Å². The second-order valence-corrected chi connectivity index (χ2v) is 8.39. The molecule has 0 aliphatic carbocycles. The zero-order valence-electron chi connectivity index (χ0n) is 19.9. The monoisotopic (exact) mass is 524 g/mol. The van der Waals surface area contributed by atoms with E-state index < -0.39 is 12.1 Å². The Bertz CT molecular complexity index is 1700. The van der Waals surface area contributed by atoms with Gasteiger partial charge in [-0.25, -0.2) is 14.2 Å². The molecule has 2 aromatic carbocycles. The number of nitriles is 1. The van der Waals surface area contributed by atoms with E-state index in [9.17, 15) is 23.2 Å². The molecule has 5 aromatic rings. The summed E-state index contributed by atoms with van der Waals surface area (Å²) in [6.07, 6.45) is -0.702. The summed E-state index contributed by atoms with van der Waals surface area (Å²) in [5.74, 6) is -2.76. The summed E-state index contributed by atoms with van der Waals surface area (Å²) in [6, 6.07) is 17.9. The van der Waals surface area contributed by atoms with Crippen molar-refractivity contribution in [2.24, 2.45) is 5.73 Å². The number of imidazole rings is 1. The number of rotatable bonds is 6. The molecule has 0 fully saturated rings. The molecule has 9 nitrogen and oxygen atoms in total. The Morgan fingerprint density at radius 3 is 2.29 bits per heavy atom. The number of carbonyl (C=O) groups is 1. The third-order valence-corrected chi connectivity index (χ3v) is 5.97. The Kier molecular flexibility index (Phi) is 7.40. The van der Waals surface area contributed by atoms with E-state index in [1.165, 1.54) is 4.57 Å². The smallest absolute Gasteiger partial charge is 0.475 e. The lowest BCUT2D eigenvalue weighted by atomic mass is 10.0. The number of aromatic amines is 3. The molecule has 3 aromatic heterocycles. The molecule has 0 unspecified atom stereocenters. The maximum Gasteiger partial charge on any atom is 0.490 e. The quantitative estimate of drug-likeness (QED) is 0.206. The minimum Gasteiger partial charge on any atom is -0.475 e. The van der Waals surface area contributed by atoms with Crippen LogP contribution in [0.5, 0.6) is 0 Å². The molecular weight excluding hydrogens is 501 g/mol. The number of hydrogen-bond donors (Lipinski definition) is 5. The van der Waals surface area contributed by atoms with Gasteiger partial charge in [0.1, 0.15) is 6.07 Å². The fraction of sp³-hybridized carbons (Fsp3) is 0.192. The molecule has 0 bridgehead atoms. The van der Waals surface area contributed by atoms with E-state index in [1.807, 2.05) is 48.5 Å². The zero-order valence-corrected chi connectivity index (χ0v) is 19.9. The summed E-state index contributed by atoms with van der Waals surface area (Å²) in [5.41, 5.74) is 10.6. The summed E-state index contributed by atoms with van der Waals surface area (Å²) in [4.78, 5) is 31.6. The number of carboxylic acid groups (broad SMARTS) is 1. The molecule has 0 atom stereocenters. The van der Waals surface area contributed by atoms with Crippen LogP contribution in [0, 0.1) is 11.3 Å². The number of benzene rings is 2. The van der Waals surface area contributed by atoms with Gasteiger partial charge in [-0.15, -0.1) is 0 Å². The van der Waals surface area contributed by atoms with Crippen molar-refractivity contribution >= 4 is 27.8 Å². The standard InChI is InChI=1S/C24H22N6O.C2HF3O2/c25-12-6-5-11-19-22(16-8-2-4-10-18(16)28-19)23-20(13-26)30(24(31)29-23)21-14-27-17-9-3-1-7-15(17)21;3-2(4,5)1(6)7/h1-4,7-10,14,27-28H,5-6,11-12,25H2,(H,29,31);(H,6,7). The molecule has 196 valence electrons. The van der Waals surface area contributed by atoms with Gasteiger partial charge in [-0.3, -0.25) is 0 Å². The molecule has 12 heteroatoms. The van der Waals surface area contributed by atoms with Crippen LogP contribution in [0.3, 0.4) is 0 Å². The Labute approximate surface area is 213 Å². The van der Waals surface area contributed by atoms with Gasteiger partial charge < -0.3 is 25.8 Å². The zero-order chi connectivity index (χ0) is 27.4. The lowest BCUT2D eigenvalue weighted by molar-refractivity contribution is -0.192. The Morgan fingerprint density at radius 1 is 1.03 bits per heavy atom. The van der Waals surface area contributed by atoms with Crippen LogP contribution in [-0.2, 0) is 11.2 Å². The van der Waals surface area contributed by atoms with Crippen LogP contribution < -0.4 is 11.4 Å². The largest absolute Gasteiger partial charge is 0.490 e. The van der Waals surface area contributed by atoms with Gasteiger partial charge in [0.15, 0.2) is 5.69 Å². The second-order valence-electron chi connectivity index (χ2n) is 8.39. The van der Waals surface area contributed by atoms with E-state index in [1.54, 1.807) is 6.20 Å². The molecule has 3 heterocycles. The van der Waals surface area contributed by atoms with Crippen LogP contribution in [0.1, 0.15) is 24.2 Å². The SMILES string of the molecule is N#Cc1c(-c2c(CCCCN)[nH]c3ccccc23)[nH]c(=O)n1-c1c[nH]c2ccccc12.O=C(O)C(F)(F)F. The maximum absolute atomic E-state index is 13.1. The first-order chi connectivity index (χ1) is 18.2. The number of nitrogens with two attached hydrogens (primary N) is 1. The van der Waals surface area contributed by atoms with E-state index in [0.717, 1.165) is 52.3 Å². The number of fused-ring (bicyclic) bond motifs is 2. The fourth-order valence-electron chi connectivity index (χ4n) is 4.31. The van der Waals surface area contributed by atoms with Crippen molar-refractivity contribution in [3.8, 4) is 23.0 Å². The summed E-state index contributed by atoms with van der Waals surface area (Å²) < 4.78 is 33.2. The number of para-hydroxylation sites is 2. The first kappa shape index (κ1) is 26.3. The van der Waals surface area contributed by atoms with Crippen LogP contribution >= 0.6 is 0 Å². The summed E-state index contributed by atoms with van der Waals surface area (Å²) >= 11 is 0. The molecular formula is C26H23F3N6O3. The third-order valence-electron chi connectivity index (χ3n) is 5.97. The number of halogens is 3. The Balaban J connectivity index is 0.000000426. The van der Waals surface area contributed by atoms with Crippen molar-refractivity contribution in [1.82, 2.24) is 19.5 Å². The highest BCUT2D eigenvalue weighted by Crippen LogP contribution is 2.35. The number of H-pyrrole nitrogens is 3. The number of aryl methyl sites for hydroxylation is 1. The topological polar surface area (TPSA) is 156 Å². The van der Waals surface area contributed by atoms with Gasteiger partial charge in [0.05, 0.1) is 11.4 Å². The number of nitrogens with one attached hydrogen (secondary N) is 3. The van der Waals surface area contributed by atoms with Gasteiger partial charge in [0.2, 0.25) is 0 Å². The number of alkyl halides is 3. The minimum absolute atomic E-state index is 0.291. The third kappa shape index (κ3) is 5.05. The molecule has 0 radical (unpaired) electrons. The normalized spacial score (nSPS) is 11.3. The van der Waals surface area contributed by atoms with Crippen molar-refractivity contribution in [3.05, 3.63) is 76.6 Å². The lowest BCUT2D eigenvalue weighted by Crippen LogP contribution is -2.21. The highest BCUT2D eigenvalue weighted by Gasteiger charge is 2.38. The van der Waals surface area contributed by atoms with Crippen molar-refractivity contribution in [3.63, 3.8) is 0 Å². The van der Waals surface area contributed by atoms with E-state index in [2.05, 4.69) is 21.0 Å². The van der Waals surface area contributed by atoms with Gasteiger partial charge in [-0.05, 0) is 37.9 Å². The maximum atomic E-state index is 13.1. The molecule has 38 heavy (non-hydrogen) atoms. The van der Waals surface area contributed by atoms with Gasteiger partial charge in [0, 0.05) is 39.3 Å². The minimum atomic E-state index is -5.08. The van der Waals surface area contributed by atoms with Crippen molar-refractivity contribution in [2.75, 3.05) is 6.54 Å². The fourth-order valence-corrected chi connectivity index (χ4v) is 4.31. The van der Waals surface area contributed by atoms with Crippen LogP contribution in [0.25, 0.3) is 38.8 Å². The highest BCUT2D eigenvalue weighted by atomic mass is 19.4. The highest BCUT2D eigenvalue weighted by molar-refractivity contribution is 5.98. The first-order valence-corrected chi connectivity index (χ1v) is 11.6. The Morgan fingerprint density at radius 2 is 1.66 bits per heavy atom. The van der Waals surface area contributed by atoms with Crippen LogP contribution in [0.2, 0.25) is 0 Å². The van der Waals surface area contributed by atoms with Gasteiger partial charge in [0.25, 0.3) is 0 Å². The molecule has 0 aliphatic rings. The predicted molar refractivity (Wildman–Crippen MR) is 136 cm³/mol. The average molecular weight is 525 g/mol. The van der Waals surface area contributed by atoms with E-state index in [0.29, 0.717) is 23.6 Å². The molecule has 0 spiro atoms. The van der Waals surface area contributed by atoms with E-state index in [4.69, 9.17) is 15.6 Å². The molecule has 0 amide bonds. The second kappa shape index (κ2) is 10.7. The van der Waals surface area contributed by atoms with E-state index >= 15 is 0 Å². The van der Waals surface area contributed by atoms with Crippen LogP contribution in [0.15, 0.2) is 59.5 Å². The molecule has 0 saturated heterocycles. The number of unbranched alkanes of at least 4 members (excludes halogenated alkanes) is 1. The average Bonchev–Trinajstić information content (AvgIpc) is 3.56. The van der Waals surface area contributed by atoms with Crippen molar-refractivity contribution < 1.29 is 23.1 Å².